The lowest BCUT2D eigenvalue weighted by molar-refractivity contribution is -0.138. The number of nitrogens with zero attached hydrogens (tertiary/aromatic N) is 3. The summed E-state index contributed by atoms with van der Waals surface area (Å²) in [4.78, 5) is 16.0. The van der Waals surface area contributed by atoms with Gasteiger partial charge in [-0.15, -0.1) is 0 Å². The fourth-order valence-corrected chi connectivity index (χ4v) is 3.72. The quantitative estimate of drug-likeness (QED) is 0.651. The molecule has 1 saturated heterocycles. The van der Waals surface area contributed by atoms with Crippen LogP contribution in [0.25, 0.3) is 0 Å². The van der Waals surface area contributed by atoms with E-state index in [2.05, 4.69) is 0 Å². The Morgan fingerprint density at radius 2 is 1.94 bits per heavy atom. The van der Waals surface area contributed by atoms with Crippen LogP contribution in [-0.4, -0.2) is 56.8 Å². The zero-order chi connectivity index (χ0) is 23.1. The molecule has 0 bridgehead atoms. The van der Waals surface area contributed by atoms with E-state index in [9.17, 15) is 18.0 Å². The summed E-state index contributed by atoms with van der Waals surface area (Å²) < 4.78 is 50.9. The molecule has 0 spiro atoms. The van der Waals surface area contributed by atoms with Crippen molar-refractivity contribution < 1.29 is 27.4 Å². The Bertz CT molecular complexity index is 960. The maximum atomic E-state index is 13.4. The Kier molecular flexibility index (Phi) is 7.72. The molecule has 0 aliphatic carbocycles. The number of alkyl halides is 3. The third kappa shape index (κ3) is 5.78. The number of ether oxygens (including phenoxy) is 2. The molecule has 1 atom stereocenters. The van der Waals surface area contributed by atoms with E-state index in [1.807, 2.05) is 30.3 Å². The van der Waals surface area contributed by atoms with E-state index in [0.29, 0.717) is 31.9 Å². The van der Waals surface area contributed by atoms with Crippen LogP contribution in [0, 0.1) is 11.3 Å². The van der Waals surface area contributed by atoms with Crippen LogP contribution in [0.1, 0.15) is 16.7 Å². The minimum Gasteiger partial charge on any atom is -0.382 e. The number of carbonyl (C=O) groups excluding carboxylic acids is 1. The molecule has 3 rings (SSSR count). The second-order valence-electron chi connectivity index (χ2n) is 7.46. The van der Waals surface area contributed by atoms with Crippen LogP contribution in [0.4, 0.5) is 18.9 Å². The zero-order valence-corrected chi connectivity index (χ0v) is 17.6. The molecule has 6 nitrogen and oxygen atoms in total. The first-order valence-corrected chi connectivity index (χ1v) is 10.1. The lowest BCUT2D eigenvalue weighted by Crippen LogP contribution is -2.57. The molecule has 2 aromatic carbocycles. The number of halogens is 3. The molecular weight excluding hydrogens is 423 g/mol. The number of nitriles is 1. The van der Waals surface area contributed by atoms with Gasteiger partial charge in [0.15, 0.2) is 0 Å². The molecule has 32 heavy (non-hydrogen) atoms. The minimum absolute atomic E-state index is 0.0797. The minimum atomic E-state index is -4.63. The number of anilines is 1. The number of hydrogen-bond acceptors (Lipinski definition) is 5. The molecular formula is C23H24F3N3O3. The molecule has 1 fully saturated rings. The Morgan fingerprint density at radius 3 is 2.59 bits per heavy atom. The van der Waals surface area contributed by atoms with Crippen molar-refractivity contribution in [2.75, 3.05) is 44.9 Å². The maximum Gasteiger partial charge on any atom is 0.417 e. The molecule has 1 aliphatic heterocycles. The molecule has 0 saturated carbocycles. The summed E-state index contributed by atoms with van der Waals surface area (Å²) in [6.07, 6.45) is -4.63. The highest BCUT2D eigenvalue weighted by Crippen LogP contribution is 2.35. The fraction of sp³-hybridized carbons (Fsp3) is 0.391. The normalized spacial score (nSPS) is 16.7. The fourth-order valence-electron chi connectivity index (χ4n) is 3.72. The van der Waals surface area contributed by atoms with Gasteiger partial charge < -0.3 is 19.3 Å². The van der Waals surface area contributed by atoms with Crippen molar-refractivity contribution in [3.05, 3.63) is 65.2 Å². The second-order valence-corrected chi connectivity index (χ2v) is 7.46. The second kappa shape index (κ2) is 10.5. The summed E-state index contributed by atoms with van der Waals surface area (Å²) in [5.41, 5.74) is -0.0927. The summed E-state index contributed by atoms with van der Waals surface area (Å²) in [7, 11) is 1.50. The first kappa shape index (κ1) is 23.6. The number of piperazine rings is 1. The largest absolute Gasteiger partial charge is 0.417 e. The highest BCUT2D eigenvalue weighted by molar-refractivity contribution is 5.78. The molecule has 1 heterocycles. The highest BCUT2D eigenvalue weighted by atomic mass is 19.4. The van der Waals surface area contributed by atoms with Crippen LogP contribution >= 0.6 is 0 Å². The number of rotatable bonds is 7. The number of amides is 1. The monoisotopic (exact) mass is 447 g/mol. The average molecular weight is 447 g/mol. The molecule has 9 heteroatoms. The lowest BCUT2D eigenvalue weighted by atomic mass is 10.0. The molecule has 1 aliphatic rings. The van der Waals surface area contributed by atoms with Gasteiger partial charge in [0.1, 0.15) is 6.61 Å². The van der Waals surface area contributed by atoms with E-state index in [1.54, 1.807) is 15.9 Å². The maximum absolute atomic E-state index is 13.4. The topological polar surface area (TPSA) is 65.8 Å². The van der Waals surface area contributed by atoms with Gasteiger partial charge in [-0.05, 0) is 23.8 Å². The van der Waals surface area contributed by atoms with Crippen molar-refractivity contribution in [3.8, 4) is 6.07 Å². The molecule has 0 aromatic heterocycles. The summed E-state index contributed by atoms with van der Waals surface area (Å²) in [6, 6.07) is 14.4. The summed E-state index contributed by atoms with van der Waals surface area (Å²) in [5, 5.41) is 9.02. The van der Waals surface area contributed by atoms with Gasteiger partial charge in [0.25, 0.3) is 0 Å². The Hall–Kier alpha value is -3.09. The van der Waals surface area contributed by atoms with E-state index in [4.69, 9.17) is 14.7 Å². The summed E-state index contributed by atoms with van der Waals surface area (Å²) >= 11 is 0. The van der Waals surface area contributed by atoms with Crippen molar-refractivity contribution in [1.29, 1.82) is 5.26 Å². The Morgan fingerprint density at radius 1 is 1.19 bits per heavy atom. The number of hydrogen-bond donors (Lipinski definition) is 0. The third-order valence-corrected chi connectivity index (χ3v) is 5.29. The predicted molar refractivity (Wildman–Crippen MR) is 112 cm³/mol. The Balaban J connectivity index is 1.67. The zero-order valence-electron chi connectivity index (χ0n) is 17.6. The predicted octanol–water partition coefficient (Wildman–Crippen LogP) is 3.46. The van der Waals surface area contributed by atoms with Gasteiger partial charge in [-0.2, -0.15) is 18.4 Å². The summed E-state index contributed by atoms with van der Waals surface area (Å²) in [5.74, 6) is -0.183. The molecule has 0 radical (unpaired) electrons. The van der Waals surface area contributed by atoms with Gasteiger partial charge in [-0.1, -0.05) is 30.3 Å². The van der Waals surface area contributed by atoms with Gasteiger partial charge in [-0.3, -0.25) is 4.79 Å². The van der Waals surface area contributed by atoms with Gasteiger partial charge in [0.05, 0.1) is 36.5 Å². The van der Waals surface area contributed by atoms with Crippen molar-refractivity contribution in [2.45, 2.75) is 18.8 Å². The van der Waals surface area contributed by atoms with Crippen LogP contribution in [0.2, 0.25) is 0 Å². The smallest absolute Gasteiger partial charge is 0.382 e. The SMILES string of the molecule is COCC1CN(C(=O)COCc2ccccc2)CCN1c1ccc(C#N)c(C(F)(F)F)c1. The van der Waals surface area contributed by atoms with Gasteiger partial charge in [0, 0.05) is 32.4 Å². The Labute approximate surface area is 184 Å². The van der Waals surface area contributed by atoms with E-state index in [1.165, 1.54) is 19.2 Å². The first-order valence-electron chi connectivity index (χ1n) is 10.1. The molecule has 1 unspecified atom stereocenters. The molecule has 170 valence electrons. The van der Waals surface area contributed by atoms with Crippen LogP contribution in [0.15, 0.2) is 48.5 Å². The van der Waals surface area contributed by atoms with E-state index in [0.717, 1.165) is 11.6 Å². The summed E-state index contributed by atoms with van der Waals surface area (Å²) in [6.45, 7) is 1.44. The first-order chi connectivity index (χ1) is 15.3. The van der Waals surface area contributed by atoms with Gasteiger partial charge in [0.2, 0.25) is 5.91 Å². The highest BCUT2D eigenvalue weighted by Gasteiger charge is 2.36. The van der Waals surface area contributed by atoms with Crippen molar-refractivity contribution in [1.82, 2.24) is 4.90 Å². The molecule has 0 N–H and O–H groups in total. The van der Waals surface area contributed by atoms with Gasteiger partial charge >= 0.3 is 6.18 Å². The van der Waals surface area contributed by atoms with Crippen molar-refractivity contribution >= 4 is 11.6 Å². The number of methoxy groups -OCH3 is 1. The number of carbonyl (C=O) groups is 1. The van der Waals surface area contributed by atoms with Crippen LogP contribution in [-0.2, 0) is 27.1 Å². The number of benzene rings is 2. The van der Waals surface area contributed by atoms with E-state index in [-0.39, 0.29) is 25.2 Å². The van der Waals surface area contributed by atoms with Crippen molar-refractivity contribution in [3.63, 3.8) is 0 Å². The van der Waals surface area contributed by atoms with E-state index >= 15 is 0 Å². The average Bonchev–Trinajstić information content (AvgIpc) is 2.79. The van der Waals surface area contributed by atoms with Crippen LogP contribution in [0.5, 0.6) is 0 Å². The molecule has 2 aromatic rings. The van der Waals surface area contributed by atoms with Crippen LogP contribution in [0.3, 0.4) is 0 Å². The van der Waals surface area contributed by atoms with Gasteiger partial charge in [-0.25, -0.2) is 0 Å². The molecule has 1 amide bonds. The van der Waals surface area contributed by atoms with E-state index < -0.39 is 17.3 Å². The van der Waals surface area contributed by atoms with Crippen molar-refractivity contribution in [2.24, 2.45) is 0 Å². The standard InChI is InChI=1S/C23H24F3N3O3/c1-31-15-20-13-28(22(30)16-32-14-17-5-3-2-4-6-17)9-10-29(20)19-8-7-18(12-27)21(11-19)23(24,25)26/h2-8,11,20H,9-10,13-16H2,1H3. The van der Waals surface area contributed by atoms with Crippen LogP contribution < -0.4 is 4.90 Å². The third-order valence-electron chi connectivity index (χ3n) is 5.29. The lowest BCUT2D eigenvalue weighted by Gasteiger charge is -2.42.